The summed E-state index contributed by atoms with van der Waals surface area (Å²) in [4.78, 5) is 24.1. The number of nitriles is 1. The van der Waals surface area contributed by atoms with Crippen LogP contribution in [0.3, 0.4) is 0 Å². The quantitative estimate of drug-likeness (QED) is 0.792. The highest BCUT2D eigenvalue weighted by Gasteiger charge is 2.43. The highest BCUT2D eigenvalue weighted by molar-refractivity contribution is 9.10. The summed E-state index contributed by atoms with van der Waals surface area (Å²) in [5.41, 5.74) is 6.19. The second-order valence-electron chi connectivity index (χ2n) is 4.66. The van der Waals surface area contributed by atoms with Gasteiger partial charge in [0.2, 0.25) is 5.88 Å². The van der Waals surface area contributed by atoms with Gasteiger partial charge in [0.05, 0.1) is 26.2 Å². The van der Waals surface area contributed by atoms with Crippen molar-refractivity contribution in [3.8, 4) is 11.8 Å². The maximum atomic E-state index is 12.1. The zero-order valence-corrected chi connectivity index (χ0v) is 13.9. The molecule has 120 valence electrons. The van der Waals surface area contributed by atoms with Gasteiger partial charge in [-0.25, -0.2) is 4.79 Å². The Balaban J connectivity index is 2.69. The van der Waals surface area contributed by atoms with E-state index >= 15 is 0 Å². The van der Waals surface area contributed by atoms with E-state index in [0.717, 1.165) is 0 Å². The second-order valence-corrected chi connectivity index (χ2v) is 5.58. The van der Waals surface area contributed by atoms with Crippen molar-refractivity contribution in [2.45, 2.75) is 5.92 Å². The lowest BCUT2D eigenvalue weighted by Gasteiger charge is -2.29. The van der Waals surface area contributed by atoms with Gasteiger partial charge in [0.15, 0.2) is 5.92 Å². The SMILES string of the molecule is COC(=O)C1=C(N)Oc2ccc(Br)cc2C1C(C#N)C(=O)OC. The molecule has 1 aromatic carbocycles. The van der Waals surface area contributed by atoms with Crippen LogP contribution in [-0.4, -0.2) is 26.2 Å². The van der Waals surface area contributed by atoms with Gasteiger partial charge in [0, 0.05) is 10.0 Å². The van der Waals surface area contributed by atoms with Crippen LogP contribution in [0.1, 0.15) is 11.5 Å². The van der Waals surface area contributed by atoms with Gasteiger partial charge in [-0.15, -0.1) is 0 Å². The molecule has 0 saturated heterocycles. The van der Waals surface area contributed by atoms with Crippen LogP contribution in [0.4, 0.5) is 0 Å². The maximum Gasteiger partial charge on any atom is 0.339 e. The van der Waals surface area contributed by atoms with E-state index in [1.807, 2.05) is 6.07 Å². The number of esters is 2. The number of carbonyl (C=O) groups is 2. The van der Waals surface area contributed by atoms with Gasteiger partial charge in [0.1, 0.15) is 11.3 Å². The Kier molecular flexibility index (Phi) is 4.91. The number of hydrogen-bond donors (Lipinski definition) is 1. The summed E-state index contributed by atoms with van der Waals surface area (Å²) in [7, 11) is 2.34. The van der Waals surface area contributed by atoms with Crippen LogP contribution in [0, 0.1) is 17.2 Å². The van der Waals surface area contributed by atoms with E-state index in [0.29, 0.717) is 15.8 Å². The van der Waals surface area contributed by atoms with Gasteiger partial charge in [0.25, 0.3) is 0 Å². The molecule has 2 atom stereocenters. The highest BCUT2D eigenvalue weighted by atomic mass is 79.9. The zero-order valence-electron chi connectivity index (χ0n) is 12.3. The highest BCUT2D eigenvalue weighted by Crippen LogP contribution is 2.44. The van der Waals surface area contributed by atoms with Crippen LogP contribution < -0.4 is 10.5 Å². The number of fused-ring (bicyclic) bond motifs is 1. The number of nitrogens with zero attached hydrogens (tertiary/aromatic N) is 1. The standard InChI is InChI=1S/C15H13BrN2O5/c1-21-14(19)9(6-17)11-8-5-7(16)3-4-10(8)23-13(18)12(11)15(20)22-2/h3-5,9,11H,18H2,1-2H3. The molecule has 2 N–H and O–H groups in total. The van der Waals surface area contributed by atoms with Crippen molar-refractivity contribution in [3.63, 3.8) is 0 Å². The zero-order chi connectivity index (χ0) is 17.1. The number of methoxy groups -OCH3 is 2. The van der Waals surface area contributed by atoms with Gasteiger partial charge in [-0.3, -0.25) is 4.79 Å². The average Bonchev–Trinajstić information content (AvgIpc) is 2.55. The molecular weight excluding hydrogens is 368 g/mol. The van der Waals surface area contributed by atoms with Crippen molar-refractivity contribution >= 4 is 27.9 Å². The van der Waals surface area contributed by atoms with E-state index in [1.54, 1.807) is 18.2 Å². The molecule has 7 nitrogen and oxygen atoms in total. The topological polar surface area (TPSA) is 112 Å². The Morgan fingerprint density at radius 2 is 2.09 bits per heavy atom. The molecule has 0 bridgehead atoms. The van der Waals surface area contributed by atoms with Crippen LogP contribution in [0.25, 0.3) is 0 Å². The summed E-state index contributed by atoms with van der Waals surface area (Å²) in [6.07, 6.45) is 0. The molecule has 23 heavy (non-hydrogen) atoms. The van der Waals surface area contributed by atoms with Crippen molar-refractivity contribution in [2.75, 3.05) is 14.2 Å². The minimum Gasteiger partial charge on any atom is -0.468 e. The summed E-state index contributed by atoms with van der Waals surface area (Å²) >= 11 is 3.31. The third-order valence-electron chi connectivity index (χ3n) is 3.44. The van der Waals surface area contributed by atoms with E-state index in [4.69, 9.17) is 15.2 Å². The minimum atomic E-state index is -1.27. The first-order chi connectivity index (χ1) is 10.9. The Morgan fingerprint density at radius 1 is 1.39 bits per heavy atom. The molecule has 0 aliphatic carbocycles. The van der Waals surface area contributed by atoms with E-state index < -0.39 is 23.8 Å². The monoisotopic (exact) mass is 380 g/mol. The predicted octanol–water partition coefficient (Wildman–Crippen LogP) is 1.58. The maximum absolute atomic E-state index is 12.1. The number of nitrogens with two attached hydrogens (primary N) is 1. The molecule has 2 unspecified atom stereocenters. The molecule has 8 heteroatoms. The van der Waals surface area contributed by atoms with Gasteiger partial charge in [-0.05, 0) is 18.2 Å². The number of ether oxygens (including phenoxy) is 3. The lowest BCUT2D eigenvalue weighted by atomic mass is 9.79. The van der Waals surface area contributed by atoms with Crippen molar-refractivity contribution in [1.29, 1.82) is 5.26 Å². The average molecular weight is 381 g/mol. The summed E-state index contributed by atoms with van der Waals surface area (Å²) in [5, 5.41) is 9.41. The van der Waals surface area contributed by atoms with Crippen molar-refractivity contribution in [1.82, 2.24) is 0 Å². The molecule has 0 fully saturated rings. The van der Waals surface area contributed by atoms with E-state index in [9.17, 15) is 14.9 Å². The van der Waals surface area contributed by atoms with Gasteiger partial charge in [-0.1, -0.05) is 15.9 Å². The van der Waals surface area contributed by atoms with Crippen LogP contribution in [-0.2, 0) is 19.1 Å². The first-order valence-electron chi connectivity index (χ1n) is 6.47. The Bertz CT molecular complexity index is 738. The number of carbonyl (C=O) groups excluding carboxylic acids is 2. The van der Waals surface area contributed by atoms with Crippen molar-refractivity contribution < 1.29 is 23.8 Å². The second kappa shape index (κ2) is 6.71. The van der Waals surface area contributed by atoms with Gasteiger partial charge >= 0.3 is 11.9 Å². The lowest BCUT2D eigenvalue weighted by molar-refractivity contribution is -0.144. The number of benzene rings is 1. The Hall–Kier alpha value is -2.53. The molecule has 0 saturated carbocycles. The summed E-state index contributed by atoms with van der Waals surface area (Å²) < 4.78 is 15.5. The van der Waals surface area contributed by atoms with E-state index in [-0.39, 0.29) is 11.5 Å². The molecule has 2 rings (SSSR count). The molecule has 0 radical (unpaired) electrons. The molecule has 0 aromatic heterocycles. The summed E-state index contributed by atoms with van der Waals surface area (Å²) in [5.74, 6) is -3.64. The molecule has 1 aliphatic heterocycles. The fourth-order valence-electron chi connectivity index (χ4n) is 2.41. The van der Waals surface area contributed by atoms with E-state index in [2.05, 4.69) is 20.7 Å². The van der Waals surface area contributed by atoms with Crippen LogP contribution in [0.15, 0.2) is 34.1 Å². The number of rotatable bonds is 3. The molecule has 1 aromatic rings. The molecule has 1 aliphatic rings. The molecule has 1 heterocycles. The number of hydrogen-bond acceptors (Lipinski definition) is 7. The normalized spacial score (nSPS) is 17.4. The van der Waals surface area contributed by atoms with Crippen LogP contribution >= 0.6 is 15.9 Å². The largest absolute Gasteiger partial charge is 0.468 e. The summed E-state index contributed by atoms with van der Waals surface area (Å²) in [6, 6.07) is 6.86. The number of halogens is 1. The fraction of sp³-hybridized carbons (Fsp3) is 0.267. The Labute approximate surface area is 140 Å². The lowest BCUT2D eigenvalue weighted by Crippen LogP contribution is -2.33. The van der Waals surface area contributed by atoms with Crippen LogP contribution in [0.5, 0.6) is 5.75 Å². The molecule has 0 spiro atoms. The first kappa shape index (κ1) is 16.8. The minimum absolute atomic E-state index is 0.0879. The van der Waals surface area contributed by atoms with E-state index in [1.165, 1.54) is 14.2 Å². The first-order valence-corrected chi connectivity index (χ1v) is 7.26. The molecular formula is C15H13BrN2O5. The summed E-state index contributed by atoms with van der Waals surface area (Å²) in [6.45, 7) is 0. The fourth-order valence-corrected chi connectivity index (χ4v) is 2.79. The molecule has 0 amide bonds. The van der Waals surface area contributed by atoms with Crippen molar-refractivity contribution in [2.24, 2.45) is 11.7 Å². The third-order valence-corrected chi connectivity index (χ3v) is 3.93. The van der Waals surface area contributed by atoms with Gasteiger partial charge in [-0.2, -0.15) is 5.26 Å². The van der Waals surface area contributed by atoms with Crippen molar-refractivity contribution in [3.05, 3.63) is 39.7 Å². The van der Waals surface area contributed by atoms with Crippen LogP contribution in [0.2, 0.25) is 0 Å². The Morgan fingerprint density at radius 3 is 2.65 bits per heavy atom. The van der Waals surface area contributed by atoms with Gasteiger partial charge < -0.3 is 19.9 Å². The smallest absolute Gasteiger partial charge is 0.339 e. The third kappa shape index (κ3) is 3.00. The predicted molar refractivity (Wildman–Crippen MR) is 81.9 cm³/mol.